The van der Waals surface area contributed by atoms with E-state index in [-0.39, 0.29) is 17.9 Å². The zero-order chi connectivity index (χ0) is 15.5. The van der Waals surface area contributed by atoms with Crippen LogP contribution in [-0.4, -0.2) is 43.4 Å². The molecule has 112 valence electrons. The molecule has 2 rings (SSSR count). The second-order valence-corrected chi connectivity index (χ2v) is 5.83. The van der Waals surface area contributed by atoms with Gasteiger partial charge in [-0.05, 0) is 17.5 Å². The third-order valence-corrected chi connectivity index (χ3v) is 3.12. The Labute approximate surface area is 123 Å². The maximum Gasteiger partial charge on any atom is 0.251 e. The molecular formula is C14H19N5O2. The van der Waals surface area contributed by atoms with Crippen molar-refractivity contribution in [2.45, 2.75) is 26.9 Å². The first kappa shape index (κ1) is 15.1. The number of nitrogens with one attached hydrogen (secondary N) is 1. The van der Waals surface area contributed by atoms with Crippen molar-refractivity contribution in [3.05, 3.63) is 36.5 Å². The van der Waals surface area contributed by atoms with Crippen LogP contribution in [0.5, 0.6) is 0 Å². The van der Waals surface area contributed by atoms with Crippen LogP contribution >= 0.6 is 0 Å². The molecule has 7 heteroatoms. The smallest absolute Gasteiger partial charge is 0.251 e. The number of amides is 1. The van der Waals surface area contributed by atoms with Crippen molar-refractivity contribution in [1.29, 1.82) is 0 Å². The Kier molecular flexibility index (Phi) is 4.32. The van der Waals surface area contributed by atoms with E-state index in [1.165, 1.54) is 23.5 Å². The normalized spacial score (nSPS) is 13.0. The van der Waals surface area contributed by atoms with Crippen LogP contribution in [0, 0.1) is 5.41 Å². The number of carbonyl (C=O) groups is 1. The average molecular weight is 289 g/mol. The summed E-state index contributed by atoms with van der Waals surface area (Å²) in [5, 5.41) is 16.6. The summed E-state index contributed by atoms with van der Waals surface area (Å²) >= 11 is 0. The number of rotatable bonds is 4. The molecular weight excluding hydrogens is 270 g/mol. The zero-order valence-corrected chi connectivity index (χ0v) is 12.3. The van der Waals surface area contributed by atoms with Crippen LogP contribution in [0.1, 0.15) is 31.1 Å². The van der Waals surface area contributed by atoms with Gasteiger partial charge in [0.25, 0.3) is 5.91 Å². The van der Waals surface area contributed by atoms with Gasteiger partial charge in [0.05, 0.1) is 6.10 Å². The van der Waals surface area contributed by atoms with Crippen LogP contribution in [0.3, 0.4) is 0 Å². The molecule has 0 spiro atoms. The fraction of sp³-hybridized carbons (Fsp3) is 0.429. The summed E-state index contributed by atoms with van der Waals surface area (Å²) in [5.41, 5.74) is 0.175. The molecule has 1 amide bonds. The van der Waals surface area contributed by atoms with Gasteiger partial charge in [-0.3, -0.25) is 4.79 Å². The molecule has 0 aromatic carbocycles. The molecule has 0 aliphatic rings. The molecule has 0 fully saturated rings. The van der Waals surface area contributed by atoms with Gasteiger partial charge >= 0.3 is 0 Å². The van der Waals surface area contributed by atoms with E-state index in [9.17, 15) is 9.90 Å². The Morgan fingerprint density at radius 2 is 2.24 bits per heavy atom. The molecule has 0 saturated heterocycles. The molecule has 1 atom stereocenters. The van der Waals surface area contributed by atoms with Gasteiger partial charge in [-0.15, -0.1) is 0 Å². The highest BCUT2D eigenvalue weighted by molar-refractivity contribution is 5.94. The Bertz CT molecular complexity index is 604. The minimum atomic E-state index is -0.613. The van der Waals surface area contributed by atoms with E-state index in [1.807, 2.05) is 20.8 Å². The predicted molar refractivity (Wildman–Crippen MR) is 76.9 cm³/mol. The van der Waals surface area contributed by atoms with E-state index in [0.29, 0.717) is 11.4 Å². The lowest BCUT2D eigenvalue weighted by atomic mass is 9.89. The van der Waals surface area contributed by atoms with E-state index >= 15 is 0 Å². The van der Waals surface area contributed by atoms with E-state index < -0.39 is 6.10 Å². The van der Waals surface area contributed by atoms with Gasteiger partial charge in [0, 0.05) is 18.3 Å². The van der Waals surface area contributed by atoms with Crippen molar-refractivity contribution in [2.24, 2.45) is 5.41 Å². The highest BCUT2D eigenvalue weighted by atomic mass is 16.3. The second-order valence-electron chi connectivity index (χ2n) is 5.83. The third kappa shape index (κ3) is 3.85. The summed E-state index contributed by atoms with van der Waals surface area (Å²) in [5.74, 6) is 0.249. The molecule has 0 radical (unpaired) electrons. The van der Waals surface area contributed by atoms with Crippen LogP contribution in [0.25, 0.3) is 5.82 Å². The molecule has 2 aromatic rings. The molecule has 1 unspecified atom stereocenters. The van der Waals surface area contributed by atoms with Crippen LogP contribution in [-0.2, 0) is 0 Å². The highest BCUT2D eigenvalue weighted by Gasteiger charge is 2.22. The SMILES string of the molecule is CC(C)(C)C(O)CNC(=O)c1ccnc(-n2cncn2)c1. The van der Waals surface area contributed by atoms with Gasteiger partial charge in [0.15, 0.2) is 5.82 Å². The number of pyridine rings is 1. The zero-order valence-electron chi connectivity index (χ0n) is 12.3. The topological polar surface area (TPSA) is 92.9 Å². The van der Waals surface area contributed by atoms with Crippen LogP contribution in [0.15, 0.2) is 31.0 Å². The molecule has 2 N–H and O–H groups in total. The highest BCUT2D eigenvalue weighted by Crippen LogP contribution is 2.18. The lowest BCUT2D eigenvalue weighted by Crippen LogP contribution is -2.39. The summed E-state index contributed by atoms with van der Waals surface area (Å²) in [6.07, 6.45) is 3.83. The minimum Gasteiger partial charge on any atom is -0.391 e. The van der Waals surface area contributed by atoms with Gasteiger partial charge in [-0.2, -0.15) is 5.10 Å². The monoisotopic (exact) mass is 289 g/mol. The number of hydrogen-bond acceptors (Lipinski definition) is 5. The van der Waals surface area contributed by atoms with Crippen LogP contribution in [0.2, 0.25) is 0 Å². The number of carbonyl (C=O) groups excluding carboxylic acids is 1. The molecule has 0 bridgehead atoms. The molecule has 21 heavy (non-hydrogen) atoms. The predicted octanol–water partition coefficient (Wildman–Crippen LogP) is 0.799. The number of nitrogens with zero attached hydrogens (tertiary/aromatic N) is 4. The van der Waals surface area contributed by atoms with Gasteiger partial charge in [0.1, 0.15) is 12.7 Å². The Balaban J connectivity index is 2.05. The quantitative estimate of drug-likeness (QED) is 0.868. The van der Waals surface area contributed by atoms with Crippen molar-refractivity contribution >= 4 is 5.91 Å². The van der Waals surface area contributed by atoms with E-state index in [0.717, 1.165) is 0 Å². The summed E-state index contributed by atoms with van der Waals surface area (Å²) in [4.78, 5) is 20.1. The summed E-state index contributed by atoms with van der Waals surface area (Å²) in [6.45, 7) is 5.94. The van der Waals surface area contributed by atoms with E-state index in [2.05, 4.69) is 20.4 Å². The molecule has 7 nitrogen and oxygen atoms in total. The lowest BCUT2D eigenvalue weighted by Gasteiger charge is -2.25. The van der Waals surface area contributed by atoms with Crippen molar-refractivity contribution in [1.82, 2.24) is 25.1 Å². The number of aliphatic hydroxyl groups is 1. The Hall–Kier alpha value is -2.28. The van der Waals surface area contributed by atoms with E-state index in [4.69, 9.17) is 0 Å². The van der Waals surface area contributed by atoms with Crippen LogP contribution < -0.4 is 5.32 Å². The minimum absolute atomic E-state index is 0.198. The Morgan fingerprint density at radius 1 is 1.48 bits per heavy atom. The number of aliphatic hydroxyl groups excluding tert-OH is 1. The number of hydrogen-bond donors (Lipinski definition) is 2. The van der Waals surface area contributed by atoms with Gasteiger partial charge in [0.2, 0.25) is 0 Å². The van der Waals surface area contributed by atoms with Crippen molar-refractivity contribution in [3.8, 4) is 5.82 Å². The average Bonchev–Trinajstić information content (AvgIpc) is 2.97. The summed E-state index contributed by atoms with van der Waals surface area (Å²) < 4.78 is 1.47. The van der Waals surface area contributed by atoms with Gasteiger partial charge in [-0.1, -0.05) is 20.8 Å². The first-order chi connectivity index (χ1) is 9.88. The van der Waals surface area contributed by atoms with Crippen molar-refractivity contribution in [3.63, 3.8) is 0 Å². The first-order valence-corrected chi connectivity index (χ1v) is 6.65. The van der Waals surface area contributed by atoms with Crippen LogP contribution in [0.4, 0.5) is 0 Å². The maximum absolute atomic E-state index is 12.1. The molecule has 2 heterocycles. The second kappa shape index (κ2) is 6.01. The van der Waals surface area contributed by atoms with Gasteiger partial charge < -0.3 is 10.4 Å². The molecule has 0 saturated carbocycles. The first-order valence-electron chi connectivity index (χ1n) is 6.65. The number of aromatic nitrogens is 4. The standard InChI is InChI=1S/C14H19N5O2/c1-14(2,3)11(20)7-17-13(21)10-4-5-16-12(6-10)19-9-15-8-18-19/h4-6,8-9,11,20H,7H2,1-3H3,(H,17,21). The summed E-state index contributed by atoms with van der Waals surface area (Å²) in [6, 6.07) is 3.23. The van der Waals surface area contributed by atoms with E-state index in [1.54, 1.807) is 12.1 Å². The maximum atomic E-state index is 12.1. The fourth-order valence-corrected chi connectivity index (χ4v) is 1.61. The van der Waals surface area contributed by atoms with Crippen molar-refractivity contribution in [2.75, 3.05) is 6.54 Å². The fourth-order valence-electron chi connectivity index (χ4n) is 1.61. The molecule has 2 aromatic heterocycles. The Morgan fingerprint density at radius 3 is 2.86 bits per heavy atom. The largest absolute Gasteiger partial charge is 0.391 e. The molecule has 0 aliphatic carbocycles. The van der Waals surface area contributed by atoms with Gasteiger partial charge in [-0.25, -0.2) is 14.6 Å². The summed E-state index contributed by atoms with van der Waals surface area (Å²) in [7, 11) is 0. The van der Waals surface area contributed by atoms with Crippen molar-refractivity contribution < 1.29 is 9.90 Å². The third-order valence-electron chi connectivity index (χ3n) is 3.12. The lowest BCUT2D eigenvalue weighted by molar-refractivity contribution is 0.0587. The molecule has 0 aliphatic heterocycles.